The minimum atomic E-state index is -0.223. The van der Waals surface area contributed by atoms with Crippen LogP contribution in [0.25, 0.3) is 16.2 Å². The van der Waals surface area contributed by atoms with Gasteiger partial charge in [0.2, 0.25) is 0 Å². The molecular weight excluding hydrogens is 358 g/mol. The molecule has 0 atom stereocenters. The molecule has 4 rings (SSSR count). The molecule has 0 aliphatic rings. The summed E-state index contributed by atoms with van der Waals surface area (Å²) in [6.45, 7) is 4.42. The Balaban J connectivity index is 1.79. The Kier molecular flexibility index (Phi) is 4.64. The Morgan fingerprint density at radius 1 is 1.22 bits per heavy atom. The first-order chi connectivity index (χ1) is 13.2. The van der Waals surface area contributed by atoms with E-state index in [4.69, 9.17) is 9.72 Å². The number of aromatic nitrogens is 2. The number of hydrogen-bond acceptors (Lipinski definition) is 4. The lowest BCUT2D eigenvalue weighted by Gasteiger charge is -2.11. The normalized spacial score (nSPS) is 10.9. The number of hydrogen-bond donors (Lipinski definition) is 1. The third kappa shape index (κ3) is 3.31. The number of carbonyl (C=O) groups is 1. The number of pyridine rings is 1. The first kappa shape index (κ1) is 17.3. The van der Waals surface area contributed by atoms with Crippen LogP contribution in [-0.2, 0) is 0 Å². The monoisotopic (exact) mass is 377 g/mol. The second kappa shape index (κ2) is 7.25. The Morgan fingerprint density at radius 2 is 2.07 bits per heavy atom. The smallest absolute Gasteiger partial charge is 0.260 e. The van der Waals surface area contributed by atoms with Crippen LogP contribution in [0.1, 0.15) is 22.8 Å². The predicted octanol–water partition coefficient (Wildman–Crippen LogP) is 5.02. The lowest BCUT2D eigenvalue weighted by molar-refractivity contribution is 0.102. The van der Waals surface area contributed by atoms with Gasteiger partial charge in [0.1, 0.15) is 22.9 Å². The number of imidazole rings is 1. The average Bonchev–Trinajstić information content (AvgIpc) is 3.30. The molecule has 0 radical (unpaired) electrons. The Bertz CT molecular complexity index is 1100. The molecule has 3 aromatic heterocycles. The van der Waals surface area contributed by atoms with Gasteiger partial charge in [-0.2, -0.15) is 0 Å². The molecule has 1 N–H and O–H groups in total. The first-order valence-electron chi connectivity index (χ1n) is 8.73. The number of nitrogens with zero attached hydrogens (tertiary/aromatic N) is 2. The van der Waals surface area contributed by atoms with Crippen LogP contribution in [0.4, 0.5) is 5.82 Å². The van der Waals surface area contributed by atoms with E-state index in [0.29, 0.717) is 23.7 Å². The maximum Gasteiger partial charge on any atom is 0.260 e. The summed E-state index contributed by atoms with van der Waals surface area (Å²) in [6, 6.07) is 15.2. The van der Waals surface area contributed by atoms with E-state index < -0.39 is 0 Å². The fourth-order valence-corrected chi connectivity index (χ4v) is 3.68. The highest BCUT2D eigenvalue weighted by molar-refractivity contribution is 7.13. The SMILES string of the molecule is CCOc1ccccc1C(=O)Nc1c(-c2cccs2)nc2cc(C)ccn12. The zero-order valence-electron chi connectivity index (χ0n) is 15.1. The predicted molar refractivity (Wildman–Crippen MR) is 109 cm³/mol. The van der Waals surface area contributed by atoms with Crippen molar-refractivity contribution < 1.29 is 9.53 Å². The highest BCUT2D eigenvalue weighted by Crippen LogP contribution is 2.33. The van der Waals surface area contributed by atoms with E-state index >= 15 is 0 Å². The van der Waals surface area contributed by atoms with E-state index in [-0.39, 0.29) is 5.91 Å². The summed E-state index contributed by atoms with van der Waals surface area (Å²) in [7, 11) is 0. The van der Waals surface area contributed by atoms with E-state index in [2.05, 4.69) is 5.32 Å². The van der Waals surface area contributed by atoms with Gasteiger partial charge in [0.15, 0.2) is 0 Å². The summed E-state index contributed by atoms with van der Waals surface area (Å²) in [6.07, 6.45) is 1.93. The van der Waals surface area contributed by atoms with Gasteiger partial charge in [0.25, 0.3) is 5.91 Å². The number of ether oxygens (including phenoxy) is 1. The summed E-state index contributed by atoms with van der Waals surface area (Å²) >= 11 is 1.59. The van der Waals surface area contributed by atoms with Crippen LogP contribution in [0.3, 0.4) is 0 Å². The van der Waals surface area contributed by atoms with Crippen LogP contribution in [0.2, 0.25) is 0 Å². The van der Waals surface area contributed by atoms with Crippen molar-refractivity contribution in [3.05, 3.63) is 71.2 Å². The molecule has 0 aliphatic carbocycles. The summed E-state index contributed by atoms with van der Waals surface area (Å²) in [5.74, 6) is 1.00. The zero-order chi connectivity index (χ0) is 18.8. The van der Waals surface area contributed by atoms with Gasteiger partial charge in [-0.1, -0.05) is 18.2 Å². The summed E-state index contributed by atoms with van der Waals surface area (Å²) in [4.78, 5) is 18.8. The summed E-state index contributed by atoms with van der Waals surface area (Å²) < 4.78 is 7.51. The van der Waals surface area contributed by atoms with Gasteiger partial charge in [0, 0.05) is 6.20 Å². The highest BCUT2D eigenvalue weighted by atomic mass is 32.1. The minimum absolute atomic E-state index is 0.223. The minimum Gasteiger partial charge on any atom is -0.493 e. The average molecular weight is 377 g/mol. The molecule has 0 saturated heterocycles. The van der Waals surface area contributed by atoms with Crippen molar-refractivity contribution in [3.63, 3.8) is 0 Å². The second-order valence-electron chi connectivity index (χ2n) is 6.10. The van der Waals surface area contributed by atoms with Crippen molar-refractivity contribution in [1.29, 1.82) is 0 Å². The fraction of sp³-hybridized carbons (Fsp3) is 0.143. The van der Waals surface area contributed by atoms with Gasteiger partial charge in [-0.25, -0.2) is 4.98 Å². The standard InChI is InChI=1S/C21H19N3O2S/c1-3-26-16-8-5-4-7-15(16)21(25)23-20-19(17-9-6-12-27-17)22-18-13-14(2)10-11-24(18)20/h4-13H,3H2,1-2H3,(H,23,25). The third-order valence-electron chi connectivity index (χ3n) is 4.20. The Labute approximate surface area is 161 Å². The number of amides is 1. The molecule has 0 unspecified atom stereocenters. The number of rotatable bonds is 5. The Morgan fingerprint density at radius 3 is 2.85 bits per heavy atom. The van der Waals surface area contributed by atoms with Crippen molar-refractivity contribution in [1.82, 2.24) is 9.38 Å². The number of fused-ring (bicyclic) bond motifs is 1. The van der Waals surface area contributed by atoms with Gasteiger partial charge >= 0.3 is 0 Å². The zero-order valence-corrected chi connectivity index (χ0v) is 15.9. The van der Waals surface area contributed by atoms with E-state index in [0.717, 1.165) is 21.8 Å². The molecule has 3 heterocycles. The molecule has 0 fully saturated rings. The Hall–Kier alpha value is -3.12. The molecule has 1 amide bonds. The van der Waals surface area contributed by atoms with Gasteiger partial charge in [-0.3, -0.25) is 9.20 Å². The van der Waals surface area contributed by atoms with Crippen molar-refractivity contribution in [3.8, 4) is 16.3 Å². The number of nitrogens with one attached hydrogen (secondary N) is 1. The molecule has 27 heavy (non-hydrogen) atoms. The maximum absolute atomic E-state index is 13.0. The molecule has 6 heteroatoms. The summed E-state index contributed by atoms with van der Waals surface area (Å²) in [5.41, 5.74) is 3.17. The molecule has 4 aromatic rings. The molecule has 0 spiro atoms. The van der Waals surface area contributed by atoms with Gasteiger partial charge in [0.05, 0.1) is 17.0 Å². The third-order valence-corrected chi connectivity index (χ3v) is 5.08. The van der Waals surface area contributed by atoms with Crippen LogP contribution in [0.15, 0.2) is 60.1 Å². The van der Waals surface area contributed by atoms with Gasteiger partial charge in [-0.15, -0.1) is 11.3 Å². The van der Waals surface area contributed by atoms with Crippen molar-refractivity contribution in [2.75, 3.05) is 11.9 Å². The fourth-order valence-electron chi connectivity index (χ4n) is 2.96. The molecule has 0 bridgehead atoms. The lowest BCUT2D eigenvalue weighted by atomic mass is 10.2. The van der Waals surface area contributed by atoms with Crippen molar-refractivity contribution in [2.24, 2.45) is 0 Å². The lowest BCUT2D eigenvalue weighted by Crippen LogP contribution is -2.15. The van der Waals surface area contributed by atoms with Crippen LogP contribution in [-0.4, -0.2) is 21.9 Å². The largest absolute Gasteiger partial charge is 0.493 e. The highest BCUT2D eigenvalue weighted by Gasteiger charge is 2.19. The molecule has 0 aliphatic heterocycles. The van der Waals surface area contributed by atoms with Crippen LogP contribution in [0.5, 0.6) is 5.75 Å². The number of thiophene rings is 1. The van der Waals surface area contributed by atoms with Crippen molar-refractivity contribution >= 4 is 28.7 Å². The summed E-state index contributed by atoms with van der Waals surface area (Å²) in [5, 5.41) is 5.05. The van der Waals surface area contributed by atoms with E-state index in [1.54, 1.807) is 23.5 Å². The number of carbonyl (C=O) groups excluding carboxylic acids is 1. The number of aryl methyl sites for hydroxylation is 1. The van der Waals surface area contributed by atoms with E-state index in [1.807, 2.05) is 66.2 Å². The topological polar surface area (TPSA) is 55.6 Å². The van der Waals surface area contributed by atoms with Gasteiger partial charge < -0.3 is 10.1 Å². The molecule has 0 saturated carbocycles. The van der Waals surface area contributed by atoms with Crippen LogP contribution >= 0.6 is 11.3 Å². The number of benzene rings is 1. The van der Waals surface area contributed by atoms with Crippen LogP contribution in [0, 0.1) is 6.92 Å². The molecule has 136 valence electrons. The molecule has 1 aromatic carbocycles. The van der Waals surface area contributed by atoms with Crippen molar-refractivity contribution in [2.45, 2.75) is 13.8 Å². The number of anilines is 1. The quantitative estimate of drug-likeness (QED) is 0.531. The van der Waals surface area contributed by atoms with E-state index in [9.17, 15) is 4.79 Å². The molecular formula is C21H19N3O2S. The first-order valence-corrected chi connectivity index (χ1v) is 9.61. The molecule has 5 nitrogen and oxygen atoms in total. The maximum atomic E-state index is 13.0. The number of para-hydroxylation sites is 1. The van der Waals surface area contributed by atoms with E-state index in [1.165, 1.54) is 0 Å². The van der Waals surface area contributed by atoms with Gasteiger partial charge in [-0.05, 0) is 55.1 Å². The van der Waals surface area contributed by atoms with Crippen LogP contribution < -0.4 is 10.1 Å². The second-order valence-corrected chi connectivity index (χ2v) is 7.05.